The summed E-state index contributed by atoms with van der Waals surface area (Å²) in [6.07, 6.45) is 2.40. The standard InChI is InChI=1S/C23H25FN4OS/c1-15-13-19(16(2)28(15)18-8-5-7-17(24)14-18)22-21(20-9-3-4-10-25-20)26-23(30)27(22)11-6-12-29/h3-5,7-10,13-14,21-22,29H,6,11-12H2,1-2H3,(H,26,30)/t21-,22+/m0/s1. The van der Waals surface area contributed by atoms with Gasteiger partial charge in [-0.2, -0.15) is 0 Å². The molecule has 0 aliphatic carbocycles. The molecule has 0 saturated carbocycles. The number of hydrogen-bond acceptors (Lipinski definition) is 3. The molecule has 2 atom stereocenters. The summed E-state index contributed by atoms with van der Waals surface area (Å²) in [5.74, 6) is -0.263. The summed E-state index contributed by atoms with van der Waals surface area (Å²) >= 11 is 5.65. The van der Waals surface area contributed by atoms with Gasteiger partial charge in [-0.1, -0.05) is 12.1 Å². The molecule has 3 aromatic rings. The van der Waals surface area contributed by atoms with E-state index < -0.39 is 0 Å². The molecule has 30 heavy (non-hydrogen) atoms. The second-order valence-corrected chi connectivity index (χ2v) is 7.93. The molecule has 3 heterocycles. The van der Waals surface area contributed by atoms with Crippen LogP contribution in [0, 0.1) is 19.7 Å². The van der Waals surface area contributed by atoms with Gasteiger partial charge in [0, 0.05) is 36.4 Å². The van der Waals surface area contributed by atoms with Crippen LogP contribution in [0.1, 0.15) is 41.1 Å². The Morgan fingerprint density at radius 2 is 2.00 bits per heavy atom. The van der Waals surface area contributed by atoms with Gasteiger partial charge >= 0.3 is 0 Å². The van der Waals surface area contributed by atoms with Gasteiger partial charge in [-0.25, -0.2) is 4.39 Å². The molecular weight excluding hydrogens is 399 g/mol. The number of aliphatic hydroxyl groups is 1. The van der Waals surface area contributed by atoms with Crippen LogP contribution in [0.2, 0.25) is 0 Å². The molecule has 2 N–H and O–H groups in total. The van der Waals surface area contributed by atoms with Gasteiger partial charge in [-0.15, -0.1) is 0 Å². The summed E-state index contributed by atoms with van der Waals surface area (Å²) in [5.41, 5.74) is 4.86. The van der Waals surface area contributed by atoms with Gasteiger partial charge in [0.1, 0.15) is 5.82 Å². The number of nitrogens with zero attached hydrogens (tertiary/aromatic N) is 3. The Balaban J connectivity index is 1.82. The summed E-state index contributed by atoms with van der Waals surface area (Å²) < 4.78 is 15.9. The minimum Gasteiger partial charge on any atom is -0.396 e. The second kappa shape index (κ2) is 8.53. The Morgan fingerprint density at radius 3 is 2.70 bits per heavy atom. The van der Waals surface area contributed by atoms with E-state index >= 15 is 0 Å². The maximum Gasteiger partial charge on any atom is 0.170 e. The number of aryl methyl sites for hydroxylation is 1. The summed E-state index contributed by atoms with van der Waals surface area (Å²) in [6, 6.07) is 14.4. The number of aromatic nitrogens is 2. The van der Waals surface area contributed by atoms with Crippen molar-refractivity contribution in [3.05, 3.63) is 83.2 Å². The lowest BCUT2D eigenvalue weighted by atomic mass is 9.96. The summed E-state index contributed by atoms with van der Waals surface area (Å²) in [6.45, 7) is 4.81. The van der Waals surface area contributed by atoms with Crippen molar-refractivity contribution >= 4 is 17.3 Å². The number of rotatable bonds is 6. The Bertz CT molecular complexity index is 1050. The fourth-order valence-corrected chi connectivity index (χ4v) is 4.66. The van der Waals surface area contributed by atoms with Crippen LogP contribution >= 0.6 is 12.2 Å². The van der Waals surface area contributed by atoms with E-state index in [2.05, 4.69) is 25.8 Å². The van der Waals surface area contributed by atoms with Crippen LogP contribution in [0.15, 0.2) is 54.7 Å². The largest absolute Gasteiger partial charge is 0.396 e. The van der Waals surface area contributed by atoms with Crippen LogP contribution in [0.3, 0.4) is 0 Å². The van der Waals surface area contributed by atoms with E-state index in [1.165, 1.54) is 6.07 Å². The average Bonchev–Trinajstić information content (AvgIpc) is 3.22. The fourth-order valence-electron chi connectivity index (χ4n) is 4.33. The van der Waals surface area contributed by atoms with E-state index in [-0.39, 0.29) is 24.5 Å². The van der Waals surface area contributed by atoms with Gasteiger partial charge in [0.25, 0.3) is 0 Å². The topological polar surface area (TPSA) is 53.3 Å². The molecule has 1 aliphatic heterocycles. The van der Waals surface area contributed by atoms with E-state index in [0.29, 0.717) is 18.1 Å². The first kappa shape index (κ1) is 20.5. The van der Waals surface area contributed by atoms with Crippen molar-refractivity contribution < 1.29 is 9.50 Å². The minimum atomic E-state index is -0.263. The Labute approximate surface area is 181 Å². The lowest BCUT2D eigenvalue weighted by Crippen LogP contribution is -2.31. The Hall–Kier alpha value is -2.77. The molecule has 2 aromatic heterocycles. The Morgan fingerprint density at radius 1 is 1.17 bits per heavy atom. The first-order valence-electron chi connectivity index (χ1n) is 10.0. The lowest BCUT2D eigenvalue weighted by Gasteiger charge is -2.28. The number of aliphatic hydroxyl groups excluding tert-OH is 1. The predicted octanol–water partition coefficient (Wildman–Crippen LogP) is 3.98. The molecule has 4 rings (SSSR count). The summed E-state index contributed by atoms with van der Waals surface area (Å²) in [4.78, 5) is 6.69. The van der Waals surface area contributed by atoms with Crippen LogP contribution in [0.5, 0.6) is 0 Å². The predicted molar refractivity (Wildman–Crippen MR) is 119 cm³/mol. The maximum atomic E-state index is 13.9. The molecule has 0 spiro atoms. The molecule has 1 aliphatic rings. The number of thiocarbonyl (C=S) groups is 1. The zero-order chi connectivity index (χ0) is 21.3. The fraction of sp³-hybridized carbons (Fsp3) is 0.304. The minimum absolute atomic E-state index is 0.0764. The van der Waals surface area contributed by atoms with Crippen LogP contribution < -0.4 is 5.32 Å². The van der Waals surface area contributed by atoms with Crippen LogP contribution in [-0.2, 0) is 0 Å². The number of nitrogens with one attached hydrogen (secondary N) is 1. The van der Waals surface area contributed by atoms with E-state index in [1.807, 2.05) is 38.1 Å². The van der Waals surface area contributed by atoms with Crippen LogP contribution in [0.4, 0.5) is 4.39 Å². The van der Waals surface area contributed by atoms with Crippen molar-refractivity contribution in [3.8, 4) is 5.69 Å². The van der Waals surface area contributed by atoms with Gasteiger partial charge in [-0.05, 0) is 74.4 Å². The highest BCUT2D eigenvalue weighted by molar-refractivity contribution is 7.80. The van der Waals surface area contributed by atoms with Gasteiger partial charge in [0.15, 0.2) is 5.11 Å². The van der Waals surface area contributed by atoms with E-state index in [4.69, 9.17) is 12.2 Å². The van der Waals surface area contributed by atoms with E-state index in [0.717, 1.165) is 28.3 Å². The van der Waals surface area contributed by atoms with Crippen molar-refractivity contribution in [3.63, 3.8) is 0 Å². The smallest absolute Gasteiger partial charge is 0.170 e. The highest BCUT2D eigenvalue weighted by atomic mass is 32.1. The molecule has 1 saturated heterocycles. The molecule has 1 fully saturated rings. The van der Waals surface area contributed by atoms with Crippen molar-refractivity contribution in [1.82, 2.24) is 19.8 Å². The molecule has 156 valence electrons. The van der Waals surface area contributed by atoms with Gasteiger partial charge in [0.2, 0.25) is 0 Å². The highest BCUT2D eigenvalue weighted by Crippen LogP contribution is 2.41. The van der Waals surface area contributed by atoms with Crippen molar-refractivity contribution in [1.29, 1.82) is 0 Å². The van der Waals surface area contributed by atoms with Crippen molar-refractivity contribution in [2.24, 2.45) is 0 Å². The molecule has 1 aromatic carbocycles. The summed E-state index contributed by atoms with van der Waals surface area (Å²) in [5, 5.41) is 13.5. The molecule has 0 unspecified atom stereocenters. The van der Waals surface area contributed by atoms with Crippen molar-refractivity contribution in [2.45, 2.75) is 32.4 Å². The van der Waals surface area contributed by atoms with Crippen molar-refractivity contribution in [2.75, 3.05) is 13.2 Å². The SMILES string of the molecule is Cc1cc([C@@H]2[C@H](c3ccccn3)NC(=S)N2CCCO)c(C)n1-c1cccc(F)c1. The first-order chi connectivity index (χ1) is 14.5. The van der Waals surface area contributed by atoms with E-state index in [1.54, 1.807) is 18.3 Å². The average molecular weight is 425 g/mol. The molecular formula is C23H25FN4OS. The molecule has 5 nitrogen and oxygen atoms in total. The summed E-state index contributed by atoms with van der Waals surface area (Å²) in [7, 11) is 0. The number of hydrogen-bond donors (Lipinski definition) is 2. The lowest BCUT2D eigenvalue weighted by molar-refractivity contribution is 0.247. The quantitative estimate of drug-likeness (QED) is 0.586. The molecule has 0 radical (unpaired) electrons. The zero-order valence-electron chi connectivity index (χ0n) is 17.0. The number of pyridine rings is 1. The third-order valence-corrected chi connectivity index (χ3v) is 5.96. The molecule has 0 bridgehead atoms. The van der Waals surface area contributed by atoms with Crippen LogP contribution in [-0.4, -0.2) is 37.8 Å². The van der Waals surface area contributed by atoms with Gasteiger partial charge in [-0.3, -0.25) is 4.98 Å². The maximum absolute atomic E-state index is 13.9. The van der Waals surface area contributed by atoms with Gasteiger partial charge < -0.3 is 19.9 Å². The van der Waals surface area contributed by atoms with Crippen LogP contribution in [0.25, 0.3) is 5.69 Å². The third-order valence-electron chi connectivity index (χ3n) is 5.61. The normalized spacial score (nSPS) is 18.7. The second-order valence-electron chi connectivity index (χ2n) is 7.54. The Kier molecular flexibility index (Phi) is 5.83. The molecule has 0 amide bonds. The first-order valence-corrected chi connectivity index (χ1v) is 10.5. The highest BCUT2D eigenvalue weighted by Gasteiger charge is 2.41. The molecule has 7 heteroatoms. The third kappa shape index (κ3) is 3.70. The number of halogens is 1. The number of benzene rings is 1. The zero-order valence-corrected chi connectivity index (χ0v) is 17.9. The monoisotopic (exact) mass is 424 g/mol. The van der Waals surface area contributed by atoms with E-state index in [9.17, 15) is 9.50 Å². The van der Waals surface area contributed by atoms with Gasteiger partial charge in [0.05, 0.1) is 17.8 Å².